The lowest BCUT2D eigenvalue weighted by molar-refractivity contribution is 0.102. The molecule has 1 amide bonds. The Morgan fingerprint density at radius 3 is 2.03 bits per heavy atom. The molecule has 0 saturated heterocycles. The van der Waals surface area contributed by atoms with Gasteiger partial charge >= 0.3 is 0 Å². The van der Waals surface area contributed by atoms with Gasteiger partial charge in [-0.15, -0.1) is 0 Å². The van der Waals surface area contributed by atoms with Crippen LogP contribution in [-0.4, -0.2) is 40.6 Å². The lowest BCUT2D eigenvalue weighted by Gasteiger charge is -2.14. The monoisotopic (exact) mass is 462 g/mol. The molecule has 0 fully saturated rings. The fourth-order valence-corrected chi connectivity index (χ4v) is 4.07. The molecule has 0 aliphatic rings. The minimum absolute atomic E-state index is 0.0547. The maximum Gasteiger partial charge on any atom is 0.257 e. The normalized spacial score (nSPS) is 11.0. The van der Waals surface area contributed by atoms with Crippen molar-refractivity contribution in [3.8, 4) is 17.2 Å². The molecule has 0 spiro atoms. The highest BCUT2D eigenvalue weighted by Gasteiger charge is 2.20. The second kappa shape index (κ2) is 9.23. The van der Waals surface area contributed by atoms with Crippen molar-refractivity contribution in [3.05, 3.63) is 65.3 Å². The molecule has 3 rings (SSSR count). The summed E-state index contributed by atoms with van der Waals surface area (Å²) in [6.45, 7) is 0. The van der Waals surface area contributed by atoms with E-state index in [1.807, 2.05) is 0 Å². The number of sulfone groups is 1. The van der Waals surface area contributed by atoms with Gasteiger partial charge < -0.3 is 19.5 Å². The summed E-state index contributed by atoms with van der Waals surface area (Å²) in [7, 11) is 0.575. The fourth-order valence-electron chi connectivity index (χ4n) is 2.76. The molecule has 1 aromatic heterocycles. The zero-order chi connectivity index (χ0) is 22.6. The smallest absolute Gasteiger partial charge is 0.257 e. The molecular weight excluding hydrogens is 444 g/mol. The first-order chi connectivity index (χ1) is 14.8. The number of hydrogen-bond acceptors (Lipinski definition) is 7. The number of rotatable bonds is 7. The van der Waals surface area contributed by atoms with Crippen LogP contribution in [0.15, 0.2) is 64.6 Å². The number of halogens is 1. The van der Waals surface area contributed by atoms with E-state index in [0.29, 0.717) is 28.0 Å². The maximum atomic E-state index is 12.7. The number of ether oxygens (including phenoxy) is 3. The van der Waals surface area contributed by atoms with Gasteiger partial charge in [-0.25, -0.2) is 13.4 Å². The summed E-state index contributed by atoms with van der Waals surface area (Å²) in [5, 5.41) is 2.94. The van der Waals surface area contributed by atoms with Crippen molar-refractivity contribution in [1.82, 2.24) is 4.98 Å². The number of nitrogens with one attached hydrogen (secondary N) is 1. The third-order valence-corrected chi connectivity index (χ3v) is 6.26. The molecule has 162 valence electrons. The van der Waals surface area contributed by atoms with E-state index in [0.717, 1.165) is 0 Å². The molecular formula is C21H19ClN2O6S. The number of hydrogen-bond donors (Lipinski definition) is 1. The first kappa shape index (κ1) is 22.4. The molecule has 1 heterocycles. The zero-order valence-corrected chi connectivity index (χ0v) is 18.5. The van der Waals surface area contributed by atoms with E-state index in [-0.39, 0.29) is 15.5 Å². The van der Waals surface area contributed by atoms with Crippen LogP contribution in [0.5, 0.6) is 17.2 Å². The first-order valence-corrected chi connectivity index (χ1v) is 10.7. The second-order valence-corrected chi connectivity index (χ2v) is 8.54. The minimum atomic E-state index is -3.83. The number of methoxy groups -OCH3 is 3. The van der Waals surface area contributed by atoms with E-state index in [1.165, 1.54) is 63.9 Å². The molecule has 0 unspecified atom stereocenters. The molecule has 0 atom stereocenters. The molecule has 0 radical (unpaired) electrons. The van der Waals surface area contributed by atoms with Crippen LogP contribution in [0.1, 0.15) is 10.4 Å². The average molecular weight is 463 g/mol. The predicted molar refractivity (Wildman–Crippen MR) is 115 cm³/mol. The van der Waals surface area contributed by atoms with Gasteiger partial charge in [0.25, 0.3) is 5.91 Å². The summed E-state index contributed by atoms with van der Waals surface area (Å²) in [4.78, 5) is 16.6. The predicted octanol–water partition coefficient (Wildman–Crippen LogP) is 3.85. The van der Waals surface area contributed by atoms with Gasteiger partial charge in [0.2, 0.25) is 15.6 Å². The number of carbonyl (C=O) groups excluding carboxylic acids is 1. The van der Waals surface area contributed by atoms with Gasteiger partial charge in [-0.1, -0.05) is 11.6 Å². The van der Waals surface area contributed by atoms with Gasteiger partial charge in [0.15, 0.2) is 16.5 Å². The molecule has 0 aliphatic heterocycles. The van der Waals surface area contributed by atoms with E-state index in [9.17, 15) is 13.2 Å². The standard InChI is InChI=1S/C21H19ClN2O6S/c1-28-17-10-15(11-18(29-2)20(17)30-3)24-21(25)13-4-9-19(23-12-13)31(26,27)16-7-5-14(22)6-8-16/h4-12H,1-3H3,(H,24,25). The van der Waals surface area contributed by atoms with E-state index in [4.69, 9.17) is 25.8 Å². The lowest BCUT2D eigenvalue weighted by Crippen LogP contribution is -2.13. The van der Waals surface area contributed by atoms with Crippen molar-refractivity contribution in [2.24, 2.45) is 0 Å². The van der Waals surface area contributed by atoms with E-state index >= 15 is 0 Å². The number of benzene rings is 2. The van der Waals surface area contributed by atoms with Crippen LogP contribution in [0.3, 0.4) is 0 Å². The molecule has 0 bridgehead atoms. The van der Waals surface area contributed by atoms with Gasteiger partial charge in [-0.2, -0.15) is 0 Å². The van der Waals surface area contributed by atoms with Gasteiger partial charge in [0.1, 0.15) is 0 Å². The Balaban J connectivity index is 1.83. The van der Waals surface area contributed by atoms with Crippen LogP contribution in [0, 0.1) is 0 Å². The van der Waals surface area contributed by atoms with Crippen LogP contribution < -0.4 is 19.5 Å². The van der Waals surface area contributed by atoms with Crippen molar-refractivity contribution in [1.29, 1.82) is 0 Å². The summed E-state index contributed by atoms with van der Waals surface area (Å²) >= 11 is 5.81. The third-order valence-electron chi connectivity index (χ3n) is 4.32. The summed E-state index contributed by atoms with van der Waals surface area (Å²) in [6, 6.07) is 11.5. The Hall–Kier alpha value is -3.30. The Morgan fingerprint density at radius 1 is 0.935 bits per heavy atom. The SMILES string of the molecule is COc1cc(NC(=O)c2ccc(S(=O)(=O)c3ccc(Cl)cc3)nc2)cc(OC)c1OC. The maximum absolute atomic E-state index is 12.7. The molecule has 1 N–H and O–H groups in total. The highest BCUT2D eigenvalue weighted by atomic mass is 35.5. The molecule has 2 aromatic carbocycles. The number of carbonyl (C=O) groups is 1. The zero-order valence-electron chi connectivity index (χ0n) is 16.9. The number of amides is 1. The molecule has 0 aliphatic carbocycles. The number of anilines is 1. The van der Waals surface area contributed by atoms with Gasteiger partial charge in [0, 0.05) is 29.0 Å². The average Bonchev–Trinajstić information content (AvgIpc) is 2.78. The van der Waals surface area contributed by atoms with Gasteiger partial charge in [-0.3, -0.25) is 4.79 Å². The van der Waals surface area contributed by atoms with Gasteiger partial charge in [0.05, 0.1) is 31.8 Å². The molecule has 3 aromatic rings. The Morgan fingerprint density at radius 2 is 1.55 bits per heavy atom. The largest absolute Gasteiger partial charge is 0.493 e. The summed E-state index contributed by atoms with van der Waals surface area (Å²) in [6.07, 6.45) is 1.19. The van der Waals surface area contributed by atoms with Crippen molar-refractivity contribution >= 4 is 33.0 Å². The summed E-state index contributed by atoms with van der Waals surface area (Å²) < 4.78 is 41.1. The Kier molecular flexibility index (Phi) is 6.67. The molecule has 31 heavy (non-hydrogen) atoms. The Labute approximate surface area is 184 Å². The third kappa shape index (κ3) is 4.73. The topological polar surface area (TPSA) is 104 Å². The quantitative estimate of drug-likeness (QED) is 0.568. The van der Waals surface area contributed by atoms with Crippen molar-refractivity contribution in [2.75, 3.05) is 26.6 Å². The molecule has 0 saturated carbocycles. The van der Waals surface area contributed by atoms with Crippen LogP contribution >= 0.6 is 11.6 Å². The second-order valence-electron chi connectivity index (χ2n) is 6.21. The van der Waals surface area contributed by atoms with Crippen molar-refractivity contribution < 1.29 is 27.4 Å². The minimum Gasteiger partial charge on any atom is -0.493 e. The lowest BCUT2D eigenvalue weighted by atomic mass is 10.2. The van der Waals surface area contributed by atoms with Crippen LogP contribution in [-0.2, 0) is 9.84 Å². The summed E-state index contributed by atoms with van der Waals surface area (Å²) in [5.74, 6) is 0.651. The number of nitrogens with zero attached hydrogens (tertiary/aromatic N) is 1. The Bertz CT molecular complexity index is 1170. The van der Waals surface area contributed by atoms with Crippen LogP contribution in [0.4, 0.5) is 5.69 Å². The fraction of sp³-hybridized carbons (Fsp3) is 0.143. The summed E-state index contributed by atoms with van der Waals surface area (Å²) in [5.41, 5.74) is 0.571. The number of aromatic nitrogens is 1. The van der Waals surface area contributed by atoms with Crippen LogP contribution in [0.25, 0.3) is 0 Å². The van der Waals surface area contributed by atoms with Crippen molar-refractivity contribution in [3.63, 3.8) is 0 Å². The number of pyridine rings is 1. The van der Waals surface area contributed by atoms with Gasteiger partial charge in [-0.05, 0) is 36.4 Å². The highest BCUT2D eigenvalue weighted by Crippen LogP contribution is 2.40. The van der Waals surface area contributed by atoms with E-state index in [1.54, 1.807) is 12.1 Å². The van der Waals surface area contributed by atoms with Crippen molar-refractivity contribution in [2.45, 2.75) is 9.92 Å². The highest BCUT2D eigenvalue weighted by molar-refractivity contribution is 7.91. The van der Waals surface area contributed by atoms with Crippen LogP contribution in [0.2, 0.25) is 5.02 Å². The van der Waals surface area contributed by atoms with E-state index in [2.05, 4.69) is 10.3 Å². The molecule has 10 heteroatoms. The first-order valence-electron chi connectivity index (χ1n) is 8.88. The molecule has 8 nitrogen and oxygen atoms in total. The van der Waals surface area contributed by atoms with E-state index < -0.39 is 15.7 Å².